The maximum atomic E-state index is 11.2. The average Bonchev–Trinajstić information content (AvgIpc) is 2.40. The van der Waals surface area contributed by atoms with Crippen molar-refractivity contribution in [2.24, 2.45) is 0 Å². The lowest BCUT2D eigenvalue weighted by molar-refractivity contribution is -0.145. The van der Waals surface area contributed by atoms with E-state index in [0.717, 1.165) is 19.6 Å². The first kappa shape index (κ1) is 13.0. The van der Waals surface area contributed by atoms with E-state index in [1.165, 1.54) is 12.7 Å². The summed E-state index contributed by atoms with van der Waals surface area (Å²) in [5.41, 5.74) is 1.23. The maximum Gasteiger partial charge on any atom is 0.308 e. The van der Waals surface area contributed by atoms with Gasteiger partial charge in [0.15, 0.2) is 0 Å². The lowest BCUT2D eigenvalue weighted by Gasteiger charge is -2.32. The molecular weight excluding hydrogens is 232 g/mol. The van der Waals surface area contributed by atoms with Crippen LogP contribution in [0, 0.1) is 0 Å². The predicted molar refractivity (Wildman–Crippen MR) is 65.9 cm³/mol. The van der Waals surface area contributed by atoms with Crippen molar-refractivity contribution in [1.29, 1.82) is 0 Å². The fraction of sp³-hybridized carbons (Fsp3) is 0.538. The molecule has 0 aliphatic carbocycles. The second-order valence-electron chi connectivity index (χ2n) is 4.36. The number of rotatable bonds is 4. The number of methoxy groups -OCH3 is 1. The van der Waals surface area contributed by atoms with E-state index in [0.29, 0.717) is 13.0 Å². The van der Waals surface area contributed by atoms with Gasteiger partial charge in [-0.3, -0.25) is 14.7 Å². The van der Waals surface area contributed by atoms with E-state index in [1.807, 2.05) is 12.1 Å². The molecule has 1 aliphatic heterocycles. The normalized spacial score (nSPS) is 20.6. The fourth-order valence-electron chi connectivity index (χ4n) is 2.06. The van der Waals surface area contributed by atoms with Gasteiger partial charge in [-0.1, -0.05) is 0 Å². The first-order valence-corrected chi connectivity index (χ1v) is 6.07. The van der Waals surface area contributed by atoms with Gasteiger partial charge in [0.2, 0.25) is 0 Å². The number of hydrogen-bond acceptors (Lipinski definition) is 5. The summed E-state index contributed by atoms with van der Waals surface area (Å²) in [4.78, 5) is 17.5. The standard InChI is InChI=1S/C13H18N2O3/c1-17-13(16)8-12-10-15(6-7-18-12)9-11-2-4-14-5-3-11/h2-5,12H,6-10H2,1H3. The van der Waals surface area contributed by atoms with E-state index in [-0.39, 0.29) is 12.1 Å². The summed E-state index contributed by atoms with van der Waals surface area (Å²) in [5, 5.41) is 0. The highest BCUT2D eigenvalue weighted by Crippen LogP contribution is 2.12. The second-order valence-corrected chi connectivity index (χ2v) is 4.36. The van der Waals surface area contributed by atoms with Crippen molar-refractivity contribution in [2.45, 2.75) is 19.1 Å². The van der Waals surface area contributed by atoms with Crippen molar-refractivity contribution >= 4 is 5.97 Å². The first-order chi connectivity index (χ1) is 8.78. The van der Waals surface area contributed by atoms with Crippen molar-refractivity contribution in [3.05, 3.63) is 30.1 Å². The number of nitrogens with zero attached hydrogens (tertiary/aromatic N) is 2. The van der Waals surface area contributed by atoms with E-state index < -0.39 is 0 Å². The third-order valence-corrected chi connectivity index (χ3v) is 3.00. The first-order valence-electron chi connectivity index (χ1n) is 6.07. The minimum absolute atomic E-state index is 0.0620. The molecule has 18 heavy (non-hydrogen) atoms. The Hall–Kier alpha value is -1.46. The number of carbonyl (C=O) groups is 1. The third-order valence-electron chi connectivity index (χ3n) is 3.00. The molecule has 1 atom stereocenters. The van der Waals surface area contributed by atoms with Crippen LogP contribution in [0.5, 0.6) is 0 Å². The van der Waals surface area contributed by atoms with E-state index in [9.17, 15) is 4.79 Å². The molecular formula is C13H18N2O3. The number of esters is 1. The van der Waals surface area contributed by atoms with E-state index in [1.54, 1.807) is 12.4 Å². The number of ether oxygens (including phenoxy) is 2. The third kappa shape index (κ3) is 3.78. The highest BCUT2D eigenvalue weighted by atomic mass is 16.5. The summed E-state index contributed by atoms with van der Waals surface area (Å²) in [6, 6.07) is 4.01. The van der Waals surface area contributed by atoms with Gasteiger partial charge in [0.25, 0.3) is 0 Å². The van der Waals surface area contributed by atoms with Gasteiger partial charge in [-0.05, 0) is 17.7 Å². The Morgan fingerprint density at radius 1 is 1.56 bits per heavy atom. The summed E-state index contributed by atoms with van der Waals surface area (Å²) < 4.78 is 10.2. The fourth-order valence-corrected chi connectivity index (χ4v) is 2.06. The van der Waals surface area contributed by atoms with Crippen LogP contribution in [0.3, 0.4) is 0 Å². The van der Waals surface area contributed by atoms with E-state index >= 15 is 0 Å². The lowest BCUT2D eigenvalue weighted by atomic mass is 10.2. The second kappa shape index (κ2) is 6.47. The Bertz CT molecular complexity index is 383. The minimum Gasteiger partial charge on any atom is -0.469 e. The van der Waals surface area contributed by atoms with Crippen LogP contribution in [0.1, 0.15) is 12.0 Å². The Labute approximate surface area is 107 Å². The topological polar surface area (TPSA) is 51.7 Å². The maximum absolute atomic E-state index is 11.2. The summed E-state index contributed by atoms with van der Waals surface area (Å²) in [6.07, 6.45) is 3.85. The molecule has 0 bridgehead atoms. The van der Waals surface area contributed by atoms with Crippen molar-refractivity contribution in [3.8, 4) is 0 Å². The molecule has 1 aromatic rings. The van der Waals surface area contributed by atoms with Crippen molar-refractivity contribution < 1.29 is 14.3 Å². The zero-order chi connectivity index (χ0) is 12.8. The number of hydrogen-bond donors (Lipinski definition) is 0. The number of pyridine rings is 1. The van der Waals surface area contributed by atoms with Gasteiger partial charge >= 0.3 is 5.97 Å². The quantitative estimate of drug-likeness (QED) is 0.741. The van der Waals surface area contributed by atoms with Crippen molar-refractivity contribution in [1.82, 2.24) is 9.88 Å². The van der Waals surface area contributed by atoms with Gasteiger partial charge in [0.1, 0.15) is 0 Å². The van der Waals surface area contributed by atoms with Crippen molar-refractivity contribution in [2.75, 3.05) is 26.8 Å². The molecule has 2 heterocycles. The van der Waals surface area contributed by atoms with Gasteiger partial charge in [0, 0.05) is 32.0 Å². The molecule has 5 nitrogen and oxygen atoms in total. The zero-order valence-corrected chi connectivity index (χ0v) is 10.5. The molecule has 0 N–H and O–H groups in total. The van der Waals surface area contributed by atoms with Gasteiger partial charge < -0.3 is 9.47 Å². The van der Waals surface area contributed by atoms with Crippen LogP contribution in [0.2, 0.25) is 0 Å². The van der Waals surface area contributed by atoms with Crippen molar-refractivity contribution in [3.63, 3.8) is 0 Å². The van der Waals surface area contributed by atoms with Crippen LogP contribution >= 0.6 is 0 Å². The molecule has 98 valence electrons. The Morgan fingerprint density at radius 3 is 3.06 bits per heavy atom. The summed E-state index contributed by atoms with van der Waals surface area (Å²) >= 11 is 0. The molecule has 1 aromatic heterocycles. The number of aromatic nitrogens is 1. The van der Waals surface area contributed by atoms with Crippen LogP contribution in [0.25, 0.3) is 0 Å². The highest BCUT2D eigenvalue weighted by molar-refractivity contribution is 5.69. The number of morpholine rings is 1. The number of carbonyl (C=O) groups excluding carboxylic acids is 1. The molecule has 0 radical (unpaired) electrons. The molecule has 0 spiro atoms. The average molecular weight is 250 g/mol. The molecule has 1 fully saturated rings. The minimum atomic E-state index is -0.217. The Morgan fingerprint density at radius 2 is 2.33 bits per heavy atom. The SMILES string of the molecule is COC(=O)CC1CN(Cc2ccncc2)CCO1. The monoisotopic (exact) mass is 250 g/mol. The summed E-state index contributed by atoms with van der Waals surface area (Å²) in [5.74, 6) is -0.217. The van der Waals surface area contributed by atoms with Crippen LogP contribution in [-0.2, 0) is 20.8 Å². The largest absolute Gasteiger partial charge is 0.469 e. The predicted octanol–water partition coefficient (Wildman–Crippen LogP) is 0.845. The van der Waals surface area contributed by atoms with Gasteiger partial charge in [-0.15, -0.1) is 0 Å². The molecule has 1 aliphatic rings. The molecule has 1 unspecified atom stereocenters. The molecule has 0 amide bonds. The van der Waals surface area contributed by atoms with Crippen LogP contribution < -0.4 is 0 Å². The summed E-state index contributed by atoms with van der Waals surface area (Å²) in [7, 11) is 1.40. The van der Waals surface area contributed by atoms with Gasteiger partial charge in [-0.2, -0.15) is 0 Å². The molecule has 0 saturated carbocycles. The van der Waals surface area contributed by atoms with Crippen LogP contribution in [-0.4, -0.2) is 48.8 Å². The van der Waals surface area contributed by atoms with Crippen LogP contribution in [0.4, 0.5) is 0 Å². The Balaban J connectivity index is 1.85. The zero-order valence-electron chi connectivity index (χ0n) is 10.5. The Kier molecular flexibility index (Phi) is 4.66. The van der Waals surface area contributed by atoms with Gasteiger partial charge in [-0.25, -0.2) is 0 Å². The molecule has 1 saturated heterocycles. The van der Waals surface area contributed by atoms with E-state index in [4.69, 9.17) is 4.74 Å². The summed E-state index contributed by atoms with van der Waals surface area (Å²) in [6.45, 7) is 3.17. The molecule has 5 heteroatoms. The van der Waals surface area contributed by atoms with Gasteiger partial charge in [0.05, 0.1) is 26.2 Å². The smallest absolute Gasteiger partial charge is 0.308 e. The highest BCUT2D eigenvalue weighted by Gasteiger charge is 2.23. The molecule has 0 aromatic carbocycles. The van der Waals surface area contributed by atoms with Crippen LogP contribution in [0.15, 0.2) is 24.5 Å². The molecule has 2 rings (SSSR count). The lowest BCUT2D eigenvalue weighted by Crippen LogP contribution is -2.42. The van der Waals surface area contributed by atoms with E-state index in [2.05, 4.69) is 14.6 Å².